The van der Waals surface area contributed by atoms with Crippen molar-refractivity contribution in [3.8, 4) is 17.4 Å². The van der Waals surface area contributed by atoms with Crippen LogP contribution in [0, 0.1) is 18.3 Å². The fourth-order valence-electron chi connectivity index (χ4n) is 15.9. The van der Waals surface area contributed by atoms with Crippen LogP contribution in [0.3, 0.4) is 0 Å². The third kappa shape index (κ3) is 27.2. The van der Waals surface area contributed by atoms with Gasteiger partial charge in [-0.1, -0.05) is 205 Å². The lowest BCUT2D eigenvalue weighted by atomic mass is 9.85. The number of ether oxygens (including phenoxy) is 4. The van der Waals surface area contributed by atoms with Crippen LogP contribution >= 0.6 is 0 Å². The first kappa shape index (κ1) is 97.9. The highest BCUT2D eigenvalue weighted by molar-refractivity contribution is 5.96. The molecule has 121 heavy (non-hydrogen) atoms. The van der Waals surface area contributed by atoms with Crippen molar-refractivity contribution in [2.45, 2.75) is 368 Å². The molecule has 0 radical (unpaired) electrons. The zero-order valence-corrected chi connectivity index (χ0v) is 81.3. The number of pyridine rings is 3. The molecule has 2 atom stereocenters. The third-order valence-electron chi connectivity index (χ3n) is 22.6. The summed E-state index contributed by atoms with van der Waals surface area (Å²) in [6.45, 7) is 76.1. The number of imidazole rings is 1. The number of carbonyl (C=O) groups is 1. The van der Waals surface area contributed by atoms with Crippen LogP contribution in [0.2, 0.25) is 0 Å². The number of rotatable bonds is 2. The fourth-order valence-corrected chi connectivity index (χ4v) is 15.9. The molecule has 2 aromatic carbocycles. The van der Waals surface area contributed by atoms with E-state index in [4.69, 9.17) is 18.9 Å². The maximum atomic E-state index is 12.0. The number of likely N-dealkylation sites (N-methyl/N-ethyl adjacent to an activating group) is 1. The molecule has 7 aromatic heterocycles. The number of fused-ring (bicyclic) bond motifs is 8. The number of amides is 1. The molecule has 666 valence electrons. The molecule has 14 heterocycles. The number of nitrogens with zero attached hydrogens (tertiary/aromatic N) is 13. The van der Waals surface area contributed by atoms with Gasteiger partial charge in [0.1, 0.15) is 18.2 Å². The van der Waals surface area contributed by atoms with Crippen molar-refractivity contribution in [3.63, 3.8) is 0 Å². The largest absolute Gasteiger partial charge is 0.491 e. The Morgan fingerprint density at radius 1 is 0.562 bits per heavy atom. The molecule has 0 bridgehead atoms. The van der Waals surface area contributed by atoms with Crippen molar-refractivity contribution in [1.29, 1.82) is 0 Å². The minimum atomic E-state index is -0.0966. The molecule has 0 spiro atoms. The summed E-state index contributed by atoms with van der Waals surface area (Å²) in [7, 11) is 3.91. The molecule has 0 fully saturated rings. The number of aromatic nitrogens is 11. The second kappa shape index (κ2) is 39.9. The lowest BCUT2D eigenvalue weighted by molar-refractivity contribution is -0.118. The Morgan fingerprint density at radius 2 is 1.22 bits per heavy atom. The molecule has 7 aliphatic rings. The zero-order chi connectivity index (χ0) is 89.9. The molecule has 16 rings (SSSR count). The van der Waals surface area contributed by atoms with Gasteiger partial charge in [-0.25, -0.2) is 14.6 Å². The van der Waals surface area contributed by atoms with E-state index in [2.05, 4.69) is 323 Å². The second-order valence-electron chi connectivity index (χ2n) is 43.8. The smallest absolute Gasteiger partial charge is 0.227 e. The van der Waals surface area contributed by atoms with Gasteiger partial charge in [0.05, 0.1) is 80.0 Å². The van der Waals surface area contributed by atoms with Crippen LogP contribution in [0.5, 0.6) is 17.4 Å². The summed E-state index contributed by atoms with van der Waals surface area (Å²) >= 11 is 0. The molecule has 9 aromatic rings. The van der Waals surface area contributed by atoms with Crippen molar-refractivity contribution in [3.05, 3.63) is 181 Å². The fraction of sp³-hybridized carbons (Fsp3) is 0.627. The Hall–Kier alpha value is -8.58. The van der Waals surface area contributed by atoms with Crippen molar-refractivity contribution < 1.29 is 23.7 Å². The van der Waals surface area contributed by atoms with Crippen LogP contribution in [0.25, 0.3) is 10.9 Å². The molecular formula is C102H157N13O6. The van der Waals surface area contributed by atoms with E-state index in [1.54, 1.807) is 17.2 Å². The number of benzene rings is 2. The summed E-state index contributed by atoms with van der Waals surface area (Å²) in [5.41, 5.74) is 19.2. The molecule has 0 saturated heterocycles. The minimum Gasteiger partial charge on any atom is -0.491 e. The Bertz CT molecular complexity index is 4920. The highest BCUT2D eigenvalue weighted by Crippen LogP contribution is 2.40. The van der Waals surface area contributed by atoms with Gasteiger partial charge < -0.3 is 37.9 Å². The van der Waals surface area contributed by atoms with Crippen LogP contribution in [-0.4, -0.2) is 105 Å². The molecule has 19 heteroatoms. The normalized spacial score (nSPS) is 17.2. The van der Waals surface area contributed by atoms with Gasteiger partial charge >= 0.3 is 0 Å². The lowest BCUT2D eigenvalue weighted by Gasteiger charge is -2.32. The van der Waals surface area contributed by atoms with E-state index in [1.807, 2.05) is 49.5 Å². The van der Waals surface area contributed by atoms with Crippen molar-refractivity contribution in [1.82, 2.24) is 53.4 Å². The predicted molar refractivity (Wildman–Crippen MR) is 502 cm³/mol. The van der Waals surface area contributed by atoms with Crippen molar-refractivity contribution in [2.24, 2.45) is 11.3 Å². The van der Waals surface area contributed by atoms with Gasteiger partial charge in [0, 0.05) is 128 Å². The Balaban J connectivity index is 0.000000171. The van der Waals surface area contributed by atoms with Crippen molar-refractivity contribution in [2.75, 3.05) is 50.3 Å². The standard InChI is InChI=1S/C16H21NO.C14H19NO.C13H22N2O.C12H18N2O.C12H20N2.C12H17NO.C11H18N2.C7H10N2O.C5H12/c1-5-9-17-10-8-15(18)13-11-12(16(2,3)4)6-7-14(13)17;1-14(2,3)11-7-5-10-6-8-13(16)15(4)12(10)9-11;1-9-11(12(2,3)4)10-7-16-13(5,6)8-15(10)14-9;1-12(2,3)9-7-10-11(13-8-9)14(4)5-6-15-10;1-9-6-5-7-11-13-8-10(14(9)11)12(2,3)4;1-12(2,3)9-6-7-13-10-5-4-8-14-11(9)10;1-11(2,3)9-8-12-13-7-5-4-6-10(9)13;1-6-4-9-7(10-5-6)2-3-8-9;1-5(2,3)4/h6-8,10-11H,5,9H2,1-4H3;5,7,9H,6,8H2,1-4H3;7-8H2,1-6H3;7-8H,5-6H2,1-4H3;8-9H,5-7H2,1-4H3;6-7H,4-5,8H2,1-3H3;8H,4-7H2,1-3H3;2-3,6H,4-5H2,1H3;1-4H3. The van der Waals surface area contributed by atoms with Crippen LogP contribution in [-0.2, 0) is 106 Å². The van der Waals surface area contributed by atoms with Gasteiger partial charge in [-0.3, -0.25) is 23.9 Å². The summed E-state index contributed by atoms with van der Waals surface area (Å²) in [6.07, 6.45) is 23.9. The first-order valence-corrected chi connectivity index (χ1v) is 45.0. The number of aryl methyl sites for hydroxylation is 6. The SMILES string of the molecule is CC(C)(C)C.CC(C)(C)c1ccnc2c1OCCC2.CC(C)(C)c1cnn2c1CCCC2.CC1CCCc2ncc(C(C)(C)C)n21.CC1COc2ccnn2C1.CCCn1ccc(=O)c2cc(C(C)(C)C)ccc21.CN1C(=O)CCc2ccc(C(C)(C)C)cc21.CN1CCOc2cc(C(C)(C)C)cnc21.Cc1nn2c(c1C(C)(C)C)COC(C)(C)C2. The van der Waals surface area contributed by atoms with Gasteiger partial charge in [0.25, 0.3) is 0 Å². The van der Waals surface area contributed by atoms with Crippen molar-refractivity contribution >= 4 is 28.3 Å². The average molecular weight is 1660 g/mol. The molecular weight excluding hydrogens is 1500 g/mol. The Kier molecular flexibility index (Phi) is 32.3. The monoisotopic (exact) mass is 1660 g/mol. The van der Waals surface area contributed by atoms with Gasteiger partial charge in [-0.15, -0.1) is 0 Å². The molecule has 19 nitrogen and oxygen atoms in total. The van der Waals surface area contributed by atoms with E-state index in [1.165, 1.54) is 94.0 Å². The summed E-state index contributed by atoms with van der Waals surface area (Å²) in [4.78, 5) is 40.9. The van der Waals surface area contributed by atoms with Gasteiger partial charge in [-0.05, 0) is 182 Å². The quantitative estimate of drug-likeness (QED) is 0.160. The molecule has 0 saturated carbocycles. The van der Waals surface area contributed by atoms with E-state index in [0.717, 1.165) is 136 Å². The minimum absolute atomic E-state index is 0.0755. The van der Waals surface area contributed by atoms with Gasteiger partial charge in [0.2, 0.25) is 11.8 Å². The zero-order valence-electron chi connectivity index (χ0n) is 81.3. The summed E-state index contributed by atoms with van der Waals surface area (Å²) in [5.74, 6) is 5.90. The Labute approximate surface area is 729 Å². The van der Waals surface area contributed by atoms with Gasteiger partial charge in [-0.2, -0.15) is 15.3 Å². The van der Waals surface area contributed by atoms with Crippen LogP contribution in [0.4, 0.5) is 11.5 Å². The number of anilines is 2. The van der Waals surface area contributed by atoms with E-state index >= 15 is 0 Å². The maximum Gasteiger partial charge on any atom is 0.227 e. The second-order valence-corrected chi connectivity index (χ2v) is 43.8. The van der Waals surface area contributed by atoms with E-state index < -0.39 is 0 Å². The maximum absolute atomic E-state index is 12.0. The summed E-state index contributed by atoms with van der Waals surface area (Å²) < 4.78 is 33.4. The summed E-state index contributed by atoms with van der Waals surface area (Å²) in [5, 5.41) is 14.0. The third-order valence-corrected chi connectivity index (χ3v) is 22.6. The Morgan fingerprint density at radius 3 is 1.86 bits per heavy atom. The molecule has 0 aliphatic carbocycles. The highest BCUT2D eigenvalue weighted by atomic mass is 16.5. The van der Waals surface area contributed by atoms with Crippen LogP contribution in [0.15, 0.2) is 103 Å². The number of hydrogen-bond acceptors (Lipinski definition) is 13. The molecule has 1 amide bonds. The summed E-state index contributed by atoms with van der Waals surface area (Å²) in [6, 6.07) is 21.1. The molecule has 0 N–H and O–H groups in total. The molecule has 2 unspecified atom stereocenters. The van der Waals surface area contributed by atoms with E-state index in [9.17, 15) is 9.59 Å². The average Bonchev–Trinajstić information content (AvgIpc) is 1.60. The first-order valence-electron chi connectivity index (χ1n) is 45.0. The lowest BCUT2D eigenvalue weighted by Crippen LogP contribution is -2.36. The van der Waals surface area contributed by atoms with E-state index in [-0.39, 0.29) is 54.8 Å². The predicted octanol–water partition coefficient (Wildman–Crippen LogP) is 22.9. The van der Waals surface area contributed by atoms with Crippen LogP contribution in [0.1, 0.15) is 332 Å². The topological polar surface area (TPSA) is 180 Å². The van der Waals surface area contributed by atoms with Gasteiger partial charge in [0.15, 0.2) is 17.0 Å². The first-order chi connectivity index (χ1) is 56.0. The van der Waals surface area contributed by atoms with Crippen LogP contribution < -0.4 is 29.4 Å². The van der Waals surface area contributed by atoms with E-state index in [0.29, 0.717) is 30.4 Å². The highest BCUT2D eigenvalue weighted by Gasteiger charge is 2.35. The number of carbonyl (C=O) groups excluding carboxylic acids is 1. The molecule has 7 aliphatic heterocycles. The number of hydrogen-bond donors (Lipinski definition) is 0.